The van der Waals surface area contributed by atoms with E-state index in [1.54, 1.807) is 62.4 Å². The maximum Gasteiger partial charge on any atom is 0.344 e. The van der Waals surface area contributed by atoms with Crippen molar-refractivity contribution in [2.45, 2.75) is 39.5 Å². The molecule has 0 atom stereocenters. The molecule has 0 spiro atoms. The topological polar surface area (TPSA) is 146 Å². The number of benzene rings is 2. The molecule has 240 valence electrons. The van der Waals surface area contributed by atoms with Crippen LogP contribution in [0.15, 0.2) is 47.5 Å². The summed E-state index contributed by atoms with van der Waals surface area (Å²) in [6.45, 7) is 4.48. The SMILES string of the molecule is CCOC(=O)COc1ccc(C=C(C#N)CCCOCCCC(C#N)=Cc2ccc(OCC(=O)OCC)c(OC)c2)cc1OC. The molecule has 45 heavy (non-hydrogen) atoms. The summed E-state index contributed by atoms with van der Waals surface area (Å²) in [6, 6.07) is 14.8. The third kappa shape index (κ3) is 13.5. The van der Waals surface area contributed by atoms with Crippen LogP contribution in [0.5, 0.6) is 23.0 Å². The lowest BCUT2D eigenvalue weighted by Gasteiger charge is -2.11. The number of carbonyl (C=O) groups excluding carboxylic acids is 2. The molecule has 0 fully saturated rings. The molecular weight excluding hydrogens is 580 g/mol. The molecule has 0 N–H and O–H groups in total. The Labute approximate surface area is 264 Å². The zero-order valence-electron chi connectivity index (χ0n) is 26.3. The summed E-state index contributed by atoms with van der Waals surface area (Å²) >= 11 is 0. The number of hydrogen-bond donors (Lipinski definition) is 0. The minimum absolute atomic E-state index is 0.225. The Morgan fingerprint density at radius 2 is 1.11 bits per heavy atom. The molecule has 0 aliphatic heterocycles. The van der Waals surface area contributed by atoms with Crippen LogP contribution in [0, 0.1) is 22.7 Å². The number of rotatable bonds is 20. The van der Waals surface area contributed by atoms with Gasteiger partial charge in [-0.1, -0.05) is 12.1 Å². The molecule has 0 aromatic heterocycles. The van der Waals surface area contributed by atoms with E-state index in [0.717, 1.165) is 11.1 Å². The average molecular weight is 621 g/mol. The van der Waals surface area contributed by atoms with Crippen LogP contribution in [-0.4, -0.2) is 65.8 Å². The monoisotopic (exact) mass is 620 g/mol. The first-order valence-corrected chi connectivity index (χ1v) is 14.6. The molecule has 0 aliphatic carbocycles. The van der Waals surface area contributed by atoms with Gasteiger partial charge >= 0.3 is 11.9 Å². The van der Waals surface area contributed by atoms with Gasteiger partial charge in [0.25, 0.3) is 0 Å². The van der Waals surface area contributed by atoms with E-state index >= 15 is 0 Å². The van der Waals surface area contributed by atoms with E-state index in [-0.39, 0.29) is 26.4 Å². The molecule has 0 amide bonds. The molecule has 0 radical (unpaired) electrons. The first-order chi connectivity index (χ1) is 21.9. The lowest BCUT2D eigenvalue weighted by Crippen LogP contribution is -2.14. The van der Waals surface area contributed by atoms with Crippen LogP contribution in [-0.2, 0) is 23.8 Å². The average Bonchev–Trinajstić information content (AvgIpc) is 3.05. The standard InChI is InChI=1S/C34H40N2O9/c1-5-42-33(37)23-44-29-13-11-25(19-31(29)39-3)17-27(21-35)9-7-15-41-16-8-10-28(22-36)18-26-12-14-30(32(20-26)40-4)45-24-34(38)43-6-2/h11-14,17-20H,5-10,15-16,23-24H2,1-4H3. The van der Waals surface area contributed by atoms with Crippen LogP contribution >= 0.6 is 0 Å². The molecule has 2 aromatic rings. The van der Waals surface area contributed by atoms with Gasteiger partial charge in [-0.2, -0.15) is 10.5 Å². The van der Waals surface area contributed by atoms with Crippen molar-refractivity contribution in [3.8, 4) is 35.1 Å². The summed E-state index contributed by atoms with van der Waals surface area (Å²) < 4.78 is 37.2. The summed E-state index contributed by atoms with van der Waals surface area (Å²) in [6.07, 6.45) is 5.92. The molecule has 0 saturated carbocycles. The molecule has 11 heteroatoms. The lowest BCUT2D eigenvalue weighted by molar-refractivity contribution is -0.146. The van der Waals surface area contributed by atoms with E-state index in [2.05, 4.69) is 12.1 Å². The predicted octanol–water partition coefficient (Wildman–Crippen LogP) is 5.68. The van der Waals surface area contributed by atoms with Crippen LogP contribution in [0.25, 0.3) is 12.2 Å². The Kier molecular flexibility index (Phi) is 16.8. The summed E-state index contributed by atoms with van der Waals surface area (Å²) in [5, 5.41) is 19.2. The fourth-order valence-electron chi connectivity index (χ4n) is 4.02. The van der Waals surface area contributed by atoms with Gasteiger partial charge in [0, 0.05) is 24.4 Å². The van der Waals surface area contributed by atoms with Gasteiger partial charge in [-0.3, -0.25) is 0 Å². The van der Waals surface area contributed by atoms with Gasteiger partial charge in [-0.05, 0) is 87.1 Å². The minimum Gasteiger partial charge on any atom is -0.493 e. The summed E-state index contributed by atoms with van der Waals surface area (Å²) in [7, 11) is 3.00. The van der Waals surface area contributed by atoms with Gasteiger partial charge in [0.2, 0.25) is 0 Å². The van der Waals surface area contributed by atoms with Gasteiger partial charge < -0.3 is 33.2 Å². The number of carbonyl (C=O) groups is 2. The summed E-state index contributed by atoms with van der Waals surface area (Å²) in [5.74, 6) is 0.746. The number of hydrogen-bond acceptors (Lipinski definition) is 11. The smallest absolute Gasteiger partial charge is 0.344 e. The second-order valence-electron chi connectivity index (χ2n) is 9.39. The van der Waals surface area contributed by atoms with Crippen molar-refractivity contribution in [2.75, 3.05) is 53.9 Å². The Morgan fingerprint density at radius 1 is 0.689 bits per heavy atom. The van der Waals surface area contributed by atoms with E-state index in [1.807, 2.05) is 0 Å². The minimum atomic E-state index is -0.469. The number of ether oxygens (including phenoxy) is 7. The van der Waals surface area contributed by atoms with Gasteiger partial charge in [0.05, 0.1) is 39.6 Å². The Morgan fingerprint density at radius 3 is 1.47 bits per heavy atom. The Balaban J connectivity index is 1.80. The van der Waals surface area contributed by atoms with E-state index < -0.39 is 11.9 Å². The lowest BCUT2D eigenvalue weighted by atomic mass is 10.1. The molecule has 0 saturated heterocycles. The van der Waals surface area contributed by atoms with Crippen molar-refractivity contribution in [1.29, 1.82) is 10.5 Å². The van der Waals surface area contributed by atoms with Crippen molar-refractivity contribution in [2.24, 2.45) is 0 Å². The van der Waals surface area contributed by atoms with E-state index in [0.29, 0.717) is 73.0 Å². The second kappa shape index (κ2) is 20.8. The summed E-state index contributed by atoms with van der Waals surface area (Å²) in [5.41, 5.74) is 2.70. The van der Waals surface area contributed by atoms with Crippen LogP contribution in [0.4, 0.5) is 0 Å². The number of methoxy groups -OCH3 is 2. The number of esters is 2. The number of nitriles is 2. The van der Waals surface area contributed by atoms with Gasteiger partial charge in [0.15, 0.2) is 36.2 Å². The van der Waals surface area contributed by atoms with E-state index in [4.69, 9.17) is 33.2 Å². The first kappa shape index (κ1) is 36.2. The quantitative estimate of drug-likeness (QED) is 0.102. The zero-order valence-corrected chi connectivity index (χ0v) is 26.3. The highest BCUT2D eigenvalue weighted by atomic mass is 16.6. The predicted molar refractivity (Wildman–Crippen MR) is 167 cm³/mol. The molecule has 11 nitrogen and oxygen atoms in total. The van der Waals surface area contributed by atoms with Gasteiger partial charge in [-0.25, -0.2) is 9.59 Å². The normalized spacial score (nSPS) is 11.2. The third-order valence-corrected chi connectivity index (χ3v) is 6.12. The highest BCUT2D eigenvalue weighted by Gasteiger charge is 2.11. The van der Waals surface area contributed by atoms with Crippen molar-refractivity contribution >= 4 is 24.1 Å². The van der Waals surface area contributed by atoms with Crippen molar-refractivity contribution in [1.82, 2.24) is 0 Å². The molecule has 0 heterocycles. The molecule has 0 unspecified atom stereocenters. The molecule has 2 rings (SSSR count). The Bertz CT molecular complexity index is 1300. The third-order valence-electron chi connectivity index (χ3n) is 6.12. The fraction of sp³-hybridized carbons (Fsp3) is 0.412. The van der Waals surface area contributed by atoms with Crippen molar-refractivity contribution < 1.29 is 42.7 Å². The second-order valence-corrected chi connectivity index (χ2v) is 9.39. The van der Waals surface area contributed by atoms with Crippen LogP contribution in [0.1, 0.15) is 50.7 Å². The Hall–Kier alpha value is -5.00. The van der Waals surface area contributed by atoms with Gasteiger partial charge in [0.1, 0.15) is 0 Å². The zero-order chi connectivity index (χ0) is 32.9. The summed E-state index contributed by atoms with van der Waals surface area (Å²) in [4.78, 5) is 23.1. The highest BCUT2D eigenvalue weighted by molar-refractivity contribution is 5.72. The van der Waals surface area contributed by atoms with Gasteiger partial charge in [-0.15, -0.1) is 0 Å². The molecule has 0 bridgehead atoms. The highest BCUT2D eigenvalue weighted by Crippen LogP contribution is 2.30. The maximum atomic E-state index is 11.6. The van der Waals surface area contributed by atoms with Crippen LogP contribution in [0.3, 0.4) is 0 Å². The molecule has 0 aliphatic rings. The molecular formula is C34H40N2O9. The number of allylic oxidation sites excluding steroid dienone is 2. The fourth-order valence-corrected chi connectivity index (χ4v) is 4.02. The van der Waals surface area contributed by atoms with E-state index in [9.17, 15) is 20.1 Å². The van der Waals surface area contributed by atoms with Crippen molar-refractivity contribution in [3.05, 3.63) is 58.7 Å². The van der Waals surface area contributed by atoms with Crippen molar-refractivity contribution in [3.63, 3.8) is 0 Å². The maximum absolute atomic E-state index is 11.6. The van der Waals surface area contributed by atoms with E-state index in [1.165, 1.54) is 14.2 Å². The van der Waals surface area contributed by atoms with Crippen LogP contribution in [0.2, 0.25) is 0 Å². The first-order valence-electron chi connectivity index (χ1n) is 14.6. The number of nitrogens with zero attached hydrogens (tertiary/aromatic N) is 2. The molecule has 2 aromatic carbocycles. The largest absolute Gasteiger partial charge is 0.493 e. The van der Waals surface area contributed by atoms with Crippen LogP contribution < -0.4 is 18.9 Å².